The van der Waals surface area contributed by atoms with E-state index in [0.29, 0.717) is 13.0 Å². The molecule has 0 saturated heterocycles. The third-order valence-electron chi connectivity index (χ3n) is 2.27. The minimum absolute atomic E-state index is 0.0297. The van der Waals surface area contributed by atoms with Crippen LogP contribution in [0, 0.1) is 0 Å². The zero-order valence-corrected chi connectivity index (χ0v) is 10.5. The molecule has 0 spiro atoms. The van der Waals surface area contributed by atoms with E-state index >= 15 is 0 Å². The summed E-state index contributed by atoms with van der Waals surface area (Å²) in [6.45, 7) is 7.55. The summed E-state index contributed by atoms with van der Waals surface area (Å²) in [7, 11) is 0. The van der Waals surface area contributed by atoms with Crippen LogP contribution in [0.15, 0.2) is 0 Å². The fraction of sp³-hybridized carbons (Fsp3) is 0.818. The van der Waals surface area contributed by atoms with E-state index in [9.17, 15) is 9.59 Å². The van der Waals surface area contributed by atoms with Crippen LogP contribution in [0.5, 0.6) is 0 Å². The van der Waals surface area contributed by atoms with Crippen molar-refractivity contribution >= 4 is 11.9 Å². The summed E-state index contributed by atoms with van der Waals surface area (Å²) in [5, 5.41) is 0. The number of amides is 1. The predicted octanol–water partition coefficient (Wildman–Crippen LogP) is 0.524. The Kier molecular flexibility index (Phi) is 6.72. The molecular formula is C11H22N2O3. The quantitative estimate of drug-likeness (QED) is 0.675. The summed E-state index contributed by atoms with van der Waals surface area (Å²) in [4.78, 5) is 24.6. The van der Waals surface area contributed by atoms with E-state index < -0.39 is 12.0 Å². The molecule has 0 saturated carbocycles. The highest BCUT2D eigenvalue weighted by Gasteiger charge is 2.24. The molecule has 1 amide bonds. The third-order valence-corrected chi connectivity index (χ3v) is 2.27. The van der Waals surface area contributed by atoms with Gasteiger partial charge in [0.1, 0.15) is 6.54 Å². The first kappa shape index (κ1) is 14.9. The van der Waals surface area contributed by atoms with Crippen molar-refractivity contribution in [2.24, 2.45) is 5.73 Å². The summed E-state index contributed by atoms with van der Waals surface area (Å²) in [6.07, 6.45) is 0.560. The van der Waals surface area contributed by atoms with Crippen LogP contribution in [0.4, 0.5) is 0 Å². The highest BCUT2D eigenvalue weighted by Crippen LogP contribution is 2.03. The Morgan fingerprint density at radius 3 is 2.25 bits per heavy atom. The molecule has 5 nitrogen and oxygen atoms in total. The van der Waals surface area contributed by atoms with E-state index in [2.05, 4.69) is 0 Å². The molecule has 16 heavy (non-hydrogen) atoms. The number of carbonyl (C=O) groups excluding carboxylic acids is 2. The summed E-state index contributed by atoms with van der Waals surface area (Å²) in [5.74, 6) is -0.599. The summed E-state index contributed by atoms with van der Waals surface area (Å²) < 4.78 is 4.81. The van der Waals surface area contributed by atoms with Gasteiger partial charge in [0.2, 0.25) is 5.91 Å². The first-order valence-corrected chi connectivity index (χ1v) is 5.65. The molecule has 0 heterocycles. The average Bonchev–Trinajstić information content (AvgIpc) is 2.23. The summed E-state index contributed by atoms with van der Waals surface area (Å²) in [6, 6.07) is -0.605. The number of hydrogen-bond acceptors (Lipinski definition) is 4. The lowest BCUT2D eigenvalue weighted by Crippen LogP contribution is -2.49. The zero-order chi connectivity index (χ0) is 12.7. The molecule has 0 aliphatic rings. The van der Waals surface area contributed by atoms with Gasteiger partial charge in [-0.2, -0.15) is 0 Å². The largest absolute Gasteiger partial charge is 0.465 e. The molecule has 1 atom stereocenters. The normalized spacial score (nSPS) is 12.4. The lowest BCUT2D eigenvalue weighted by molar-refractivity contribution is -0.150. The molecule has 0 rings (SSSR count). The second-order valence-corrected chi connectivity index (χ2v) is 3.88. The van der Waals surface area contributed by atoms with E-state index in [1.54, 1.807) is 6.92 Å². The van der Waals surface area contributed by atoms with Crippen molar-refractivity contribution in [2.75, 3.05) is 13.2 Å². The van der Waals surface area contributed by atoms with Gasteiger partial charge in [-0.25, -0.2) is 0 Å². The molecule has 0 bridgehead atoms. The molecule has 0 aromatic carbocycles. The number of esters is 1. The maximum Gasteiger partial charge on any atom is 0.325 e. The number of carbonyl (C=O) groups is 2. The van der Waals surface area contributed by atoms with Crippen LogP contribution in [0.3, 0.4) is 0 Å². The minimum Gasteiger partial charge on any atom is -0.465 e. The van der Waals surface area contributed by atoms with Crippen molar-refractivity contribution in [1.82, 2.24) is 4.90 Å². The minimum atomic E-state index is -0.545. The standard InChI is InChI=1S/C11H22N2O3/c1-5-9(12)11(15)13(8(3)4)7-10(14)16-6-2/h8-9H,5-7,12H2,1-4H3/t9-/m1/s1. The summed E-state index contributed by atoms with van der Waals surface area (Å²) in [5.41, 5.74) is 5.66. The number of rotatable bonds is 6. The monoisotopic (exact) mass is 230 g/mol. The van der Waals surface area contributed by atoms with E-state index in [0.717, 1.165) is 0 Å². The highest BCUT2D eigenvalue weighted by molar-refractivity contribution is 5.85. The van der Waals surface area contributed by atoms with E-state index in [-0.39, 0.29) is 18.5 Å². The Labute approximate surface area is 96.9 Å². The van der Waals surface area contributed by atoms with Crippen molar-refractivity contribution in [1.29, 1.82) is 0 Å². The molecule has 0 aromatic heterocycles. The van der Waals surface area contributed by atoms with Crippen molar-refractivity contribution in [3.05, 3.63) is 0 Å². The molecule has 2 N–H and O–H groups in total. The van der Waals surface area contributed by atoms with Gasteiger partial charge in [-0.05, 0) is 27.2 Å². The molecule has 0 radical (unpaired) electrons. The van der Waals surface area contributed by atoms with Gasteiger partial charge in [-0.3, -0.25) is 9.59 Å². The van der Waals surface area contributed by atoms with Gasteiger partial charge in [0.15, 0.2) is 0 Å². The molecule has 0 unspecified atom stereocenters. The lowest BCUT2D eigenvalue weighted by Gasteiger charge is -2.28. The average molecular weight is 230 g/mol. The molecule has 0 fully saturated rings. The molecule has 0 aliphatic carbocycles. The van der Waals surface area contributed by atoms with Gasteiger partial charge < -0.3 is 15.4 Å². The van der Waals surface area contributed by atoms with Gasteiger partial charge in [0.25, 0.3) is 0 Å². The van der Waals surface area contributed by atoms with Crippen LogP contribution >= 0.6 is 0 Å². The van der Waals surface area contributed by atoms with Crippen LogP contribution in [0.2, 0.25) is 0 Å². The van der Waals surface area contributed by atoms with Gasteiger partial charge >= 0.3 is 5.97 Å². The van der Waals surface area contributed by atoms with Crippen LogP contribution in [-0.2, 0) is 14.3 Å². The van der Waals surface area contributed by atoms with E-state index in [1.165, 1.54) is 4.90 Å². The number of hydrogen-bond donors (Lipinski definition) is 1. The van der Waals surface area contributed by atoms with Gasteiger partial charge in [0, 0.05) is 6.04 Å². The van der Waals surface area contributed by atoms with Crippen molar-refractivity contribution < 1.29 is 14.3 Å². The highest BCUT2D eigenvalue weighted by atomic mass is 16.5. The molecule has 0 aromatic rings. The first-order valence-electron chi connectivity index (χ1n) is 5.65. The van der Waals surface area contributed by atoms with Gasteiger partial charge in [-0.15, -0.1) is 0 Å². The van der Waals surface area contributed by atoms with Crippen LogP contribution < -0.4 is 5.73 Å². The molecule has 0 aliphatic heterocycles. The van der Waals surface area contributed by atoms with Crippen molar-refractivity contribution in [2.45, 2.75) is 46.2 Å². The fourth-order valence-electron chi connectivity index (χ4n) is 1.25. The Bertz CT molecular complexity index is 241. The third kappa shape index (κ3) is 4.61. The Balaban J connectivity index is 4.50. The maximum atomic E-state index is 11.8. The van der Waals surface area contributed by atoms with Crippen molar-refractivity contribution in [3.63, 3.8) is 0 Å². The number of nitrogens with two attached hydrogens (primary N) is 1. The number of ether oxygens (including phenoxy) is 1. The Hall–Kier alpha value is -1.10. The van der Waals surface area contributed by atoms with Crippen LogP contribution in [0.25, 0.3) is 0 Å². The smallest absolute Gasteiger partial charge is 0.325 e. The topological polar surface area (TPSA) is 72.6 Å². The van der Waals surface area contributed by atoms with Crippen molar-refractivity contribution in [3.8, 4) is 0 Å². The van der Waals surface area contributed by atoms with Gasteiger partial charge in [-0.1, -0.05) is 6.92 Å². The van der Waals surface area contributed by atoms with Gasteiger partial charge in [0.05, 0.1) is 12.6 Å². The predicted molar refractivity (Wildman–Crippen MR) is 61.7 cm³/mol. The Morgan fingerprint density at radius 2 is 1.88 bits per heavy atom. The lowest BCUT2D eigenvalue weighted by atomic mass is 10.2. The zero-order valence-electron chi connectivity index (χ0n) is 10.5. The van der Waals surface area contributed by atoms with Crippen LogP contribution in [-0.4, -0.2) is 42.0 Å². The molecular weight excluding hydrogens is 208 g/mol. The molecule has 94 valence electrons. The Morgan fingerprint density at radius 1 is 1.31 bits per heavy atom. The fourth-order valence-corrected chi connectivity index (χ4v) is 1.25. The summed E-state index contributed by atoms with van der Waals surface area (Å²) >= 11 is 0. The number of nitrogens with zero attached hydrogens (tertiary/aromatic N) is 1. The first-order chi connectivity index (χ1) is 7.43. The van der Waals surface area contributed by atoms with Crippen LogP contribution in [0.1, 0.15) is 34.1 Å². The van der Waals surface area contributed by atoms with E-state index in [4.69, 9.17) is 10.5 Å². The SMILES string of the molecule is CCOC(=O)CN(C(=O)[C@H](N)CC)C(C)C. The maximum absolute atomic E-state index is 11.8. The van der Waals surface area contributed by atoms with E-state index in [1.807, 2.05) is 20.8 Å². The molecule has 5 heteroatoms. The second-order valence-electron chi connectivity index (χ2n) is 3.88. The second kappa shape index (κ2) is 7.22.